The largest absolute Gasteiger partial charge is 0.352 e. The van der Waals surface area contributed by atoms with Crippen LogP contribution in [0.25, 0.3) is 0 Å². The van der Waals surface area contributed by atoms with Gasteiger partial charge in [-0.1, -0.05) is 24.3 Å². The summed E-state index contributed by atoms with van der Waals surface area (Å²) in [4.78, 5) is 19.0. The molecule has 5 nitrogen and oxygen atoms in total. The van der Waals surface area contributed by atoms with Crippen molar-refractivity contribution in [3.63, 3.8) is 0 Å². The molecule has 1 aromatic carbocycles. The third kappa shape index (κ3) is 3.54. The number of nitrogens with one attached hydrogen (secondary N) is 1. The molecule has 0 radical (unpaired) electrons. The number of piperidine rings is 1. The standard InChI is InChI=1S/C21H28N4O/c1-2-24-14-11-22-20(21(24)26)25-12-9-18(10-13-25)23-19-8-7-16-5-3-4-6-17(16)15-19/h3-6,11,14,18-19,23H,2,7-10,12-13,15H2,1H3/t19-/m1/s1. The van der Waals surface area contributed by atoms with Crippen molar-refractivity contribution in [3.8, 4) is 0 Å². The SMILES string of the molecule is CCn1ccnc(N2CCC(N[C@@H]3CCc4ccccc4C3)CC2)c1=O. The maximum Gasteiger partial charge on any atom is 0.293 e. The Balaban J connectivity index is 1.34. The Kier molecular flexibility index (Phi) is 5.07. The fraction of sp³-hybridized carbons (Fsp3) is 0.524. The Hall–Kier alpha value is -2.14. The Morgan fingerprint density at radius 2 is 1.88 bits per heavy atom. The molecule has 138 valence electrons. The molecule has 1 atom stereocenters. The second-order valence-electron chi connectivity index (χ2n) is 7.48. The summed E-state index contributed by atoms with van der Waals surface area (Å²) < 4.78 is 1.73. The molecule has 5 heteroatoms. The zero-order chi connectivity index (χ0) is 17.9. The van der Waals surface area contributed by atoms with Crippen LogP contribution in [0.1, 0.15) is 37.3 Å². The minimum absolute atomic E-state index is 0.0327. The molecule has 1 fully saturated rings. The van der Waals surface area contributed by atoms with Crippen molar-refractivity contribution in [3.05, 3.63) is 58.1 Å². The van der Waals surface area contributed by atoms with Gasteiger partial charge in [-0.2, -0.15) is 0 Å². The summed E-state index contributed by atoms with van der Waals surface area (Å²) in [5.74, 6) is 0.611. The molecular formula is C21H28N4O. The predicted octanol–water partition coefficient (Wildman–Crippen LogP) is 2.38. The number of fused-ring (bicyclic) bond motifs is 1. The highest BCUT2D eigenvalue weighted by molar-refractivity contribution is 5.36. The number of anilines is 1. The fourth-order valence-corrected chi connectivity index (χ4v) is 4.33. The van der Waals surface area contributed by atoms with Gasteiger partial charge in [0.05, 0.1) is 0 Å². The zero-order valence-electron chi connectivity index (χ0n) is 15.5. The van der Waals surface area contributed by atoms with E-state index in [1.54, 1.807) is 17.0 Å². The minimum Gasteiger partial charge on any atom is -0.352 e. The smallest absolute Gasteiger partial charge is 0.293 e. The first-order valence-corrected chi connectivity index (χ1v) is 9.88. The lowest BCUT2D eigenvalue weighted by Gasteiger charge is -2.36. The second-order valence-corrected chi connectivity index (χ2v) is 7.48. The van der Waals surface area contributed by atoms with E-state index in [4.69, 9.17) is 0 Å². The maximum atomic E-state index is 12.5. The first-order chi connectivity index (χ1) is 12.7. The van der Waals surface area contributed by atoms with Crippen LogP contribution < -0.4 is 15.8 Å². The summed E-state index contributed by atoms with van der Waals surface area (Å²) in [7, 11) is 0. The van der Waals surface area contributed by atoms with E-state index in [1.165, 1.54) is 24.0 Å². The molecule has 1 aliphatic heterocycles. The summed E-state index contributed by atoms with van der Waals surface area (Å²) in [5.41, 5.74) is 3.05. The van der Waals surface area contributed by atoms with Gasteiger partial charge in [0, 0.05) is 44.1 Å². The first kappa shape index (κ1) is 17.3. The van der Waals surface area contributed by atoms with E-state index < -0.39 is 0 Å². The molecular weight excluding hydrogens is 324 g/mol. The summed E-state index contributed by atoms with van der Waals surface area (Å²) in [6.45, 7) is 4.48. The van der Waals surface area contributed by atoms with Crippen LogP contribution in [0.2, 0.25) is 0 Å². The van der Waals surface area contributed by atoms with E-state index in [1.807, 2.05) is 6.92 Å². The van der Waals surface area contributed by atoms with E-state index in [-0.39, 0.29) is 5.56 Å². The summed E-state index contributed by atoms with van der Waals surface area (Å²) >= 11 is 0. The normalized spacial score (nSPS) is 20.8. The molecule has 2 heterocycles. The van der Waals surface area contributed by atoms with E-state index in [9.17, 15) is 4.79 Å². The van der Waals surface area contributed by atoms with E-state index in [2.05, 4.69) is 39.5 Å². The quantitative estimate of drug-likeness (QED) is 0.918. The van der Waals surface area contributed by atoms with Gasteiger partial charge >= 0.3 is 0 Å². The summed E-state index contributed by atoms with van der Waals surface area (Å²) in [6, 6.07) is 9.94. The topological polar surface area (TPSA) is 50.2 Å². The van der Waals surface area contributed by atoms with E-state index >= 15 is 0 Å². The lowest BCUT2D eigenvalue weighted by molar-refractivity contribution is 0.344. The van der Waals surface area contributed by atoms with Gasteiger partial charge in [-0.15, -0.1) is 0 Å². The van der Waals surface area contributed by atoms with Crippen molar-refractivity contribution >= 4 is 5.82 Å². The summed E-state index contributed by atoms with van der Waals surface area (Å²) in [6.07, 6.45) is 9.18. The molecule has 0 amide bonds. The average molecular weight is 352 g/mol. The number of aromatic nitrogens is 2. The molecule has 0 unspecified atom stereocenters. The van der Waals surface area contributed by atoms with Gasteiger partial charge in [-0.3, -0.25) is 4.79 Å². The van der Waals surface area contributed by atoms with Crippen LogP contribution in [0.4, 0.5) is 5.82 Å². The highest BCUT2D eigenvalue weighted by Crippen LogP contribution is 2.23. The predicted molar refractivity (Wildman–Crippen MR) is 105 cm³/mol. The fourth-order valence-electron chi connectivity index (χ4n) is 4.33. The number of aryl methyl sites for hydroxylation is 2. The first-order valence-electron chi connectivity index (χ1n) is 9.88. The van der Waals surface area contributed by atoms with Crippen molar-refractivity contribution in [2.75, 3.05) is 18.0 Å². The molecule has 0 bridgehead atoms. The van der Waals surface area contributed by atoms with Crippen LogP contribution >= 0.6 is 0 Å². The molecule has 1 N–H and O–H groups in total. The number of rotatable bonds is 4. The van der Waals surface area contributed by atoms with Crippen molar-refractivity contribution in [1.29, 1.82) is 0 Å². The minimum atomic E-state index is 0.0327. The number of benzene rings is 1. The molecule has 2 aromatic rings. The van der Waals surface area contributed by atoms with Gasteiger partial charge in [-0.05, 0) is 50.2 Å². The monoisotopic (exact) mass is 352 g/mol. The summed E-state index contributed by atoms with van der Waals surface area (Å²) in [5, 5.41) is 3.88. The van der Waals surface area contributed by atoms with Gasteiger partial charge < -0.3 is 14.8 Å². The third-order valence-electron chi connectivity index (χ3n) is 5.85. The molecule has 0 spiro atoms. The number of hydrogen-bond acceptors (Lipinski definition) is 4. The van der Waals surface area contributed by atoms with Gasteiger partial charge in [-0.25, -0.2) is 4.98 Å². The van der Waals surface area contributed by atoms with Gasteiger partial charge in [0.15, 0.2) is 5.82 Å². The molecule has 1 aromatic heterocycles. The average Bonchev–Trinajstić information content (AvgIpc) is 2.69. The van der Waals surface area contributed by atoms with Crippen LogP contribution in [0.3, 0.4) is 0 Å². The maximum absolute atomic E-state index is 12.5. The van der Waals surface area contributed by atoms with E-state index in [0.29, 0.717) is 24.4 Å². The lowest BCUT2D eigenvalue weighted by atomic mass is 9.87. The van der Waals surface area contributed by atoms with Gasteiger partial charge in [0.1, 0.15) is 0 Å². The third-order valence-corrected chi connectivity index (χ3v) is 5.85. The van der Waals surface area contributed by atoms with Crippen LogP contribution in [0, 0.1) is 0 Å². The number of nitrogens with zero attached hydrogens (tertiary/aromatic N) is 3. The molecule has 0 saturated carbocycles. The van der Waals surface area contributed by atoms with Crippen LogP contribution in [-0.4, -0.2) is 34.7 Å². The number of hydrogen-bond donors (Lipinski definition) is 1. The Morgan fingerprint density at radius 3 is 2.65 bits per heavy atom. The molecule has 4 rings (SSSR count). The van der Waals surface area contributed by atoms with Crippen LogP contribution in [0.5, 0.6) is 0 Å². The van der Waals surface area contributed by atoms with Crippen LogP contribution in [-0.2, 0) is 19.4 Å². The van der Waals surface area contributed by atoms with Gasteiger partial charge in [0.25, 0.3) is 5.56 Å². The van der Waals surface area contributed by atoms with Gasteiger partial charge in [0.2, 0.25) is 0 Å². The van der Waals surface area contributed by atoms with E-state index in [0.717, 1.165) is 32.4 Å². The second kappa shape index (κ2) is 7.62. The van der Waals surface area contributed by atoms with Crippen molar-refractivity contribution in [1.82, 2.24) is 14.9 Å². The Morgan fingerprint density at radius 1 is 1.12 bits per heavy atom. The van der Waals surface area contributed by atoms with Crippen LogP contribution in [0.15, 0.2) is 41.5 Å². The van der Waals surface area contributed by atoms with Crippen molar-refractivity contribution < 1.29 is 0 Å². The lowest BCUT2D eigenvalue weighted by Crippen LogP contribution is -2.49. The molecule has 1 aliphatic carbocycles. The highest BCUT2D eigenvalue weighted by Gasteiger charge is 2.25. The molecule has 26 heavy (non-hydrogen) atoms. The Bertz CT molecular complexity index is 808. The molecule has 2 aliphatic rings. The van der Waals surface area contributed by atoms with Crippen molar-refractivity contribution in [2.24, 2.45) is 0 Å². The Labute approximate surface area is 155 Å². The highest BCUT2D eigenvalue weighted by atomic mass is 16.1. The zero-order valence-corrected chi connectivity index (χ0v) is 15.5. The molecule has 1 saturated heterocycles. The van der Waals surface area contributed by atoms with Crippen molar-refractivity contribution in [2.45, 2.75) is 57.7 Å².